The number of nitrogens with two attached hydrogens (primary N) is 1. The van der Waals surface area contributed by atoms with E-state index in [1.54, 1.807) is 25.4 Å². The third-order valence-corrected chi connectivity index (χ3v) is 2.90. The fraction of sp³-hybridized carbons (Fsp3) is 0.200. The number of hydrogen-bond donors (Lipinski definition) is 2. The summed E-state index contributed by atoms with van der Waals surface area (Å²) >= 11 is 0. The number of rotatable bonds is 4. The van der Waals surface area contributed by atoms with Crippen LogP contribution in [-0.2, 0) is 11.2 Å². The van der Waals surface area contributed by atoms with Gasteiger partial charge >= 0.3 is 0 Å². The summed E-state index contributed by atoms with van der Waals surface area (Å²) in [5.74, 6) is 0.649. The number of carbonyl (C=O) groups excluding carboxylic acids is 1. The molecule has 0 saturated carbocycles. The van der Waals surface area contributed by atoms with Crippen molar-refractivity contribution in [1.82, 2.24) is 4.98 Å². The number of nitrogens with zero attached hydrogens (tertiary/aromatic N) is 1. The molecule has 1 heterocycles. The number of aromatic nitrogens is 1. The van der Waals surface area contributed by atoms with Gasteiger partial charge in [-0.3, -0.25) is 9.78 Å². The van der Waals surface area contributed by atoms with Gasteiger partial charge < -0.3 is 15.8 Å². The van der Waals surface area contributed by atoms with E-state index in [4.69, 9.17) is 10.5 Å². The van der Waals surface area contributed by atoms with Crippen molar-refractivity contribution in [2.24, 2.45) is 0 Å². The lowest BCUT2D eigenvalue weighted by molar-refractivity contribution is -0.115. The molecule has 5 heteroatoms. The van der Waals surface area contributed by atoms with E-state index < -0.39 is 0 Å². The molecule has 1 aromatic heterocycles. The minimum atomic E-state index is -0.115. The summed E-state index contributed by atoms with van der Waals surface area (Å²) in [6.45, 7) is 1.92. The van der Waals surface area contributed by atoms with Gasteiger partial charge in [0.2, 0.25) is 5.91 Å². The van der Waals surface area contributed by atoms with E-state index in [-0.39, 0.29) is 12.3 Å². The standard InChI is InChI=1S/C15H17N3O2/c1-10-7-13(20-2)5-6-14(10)18-15(19)8-12-4-3-11(16)9-17-12/h3-7,9H,8,16H2,1-2H3,(H,18,19). The fourth-order valence-electron chi connectivity index (χ4n) is 1.80. The van der Waals surface area contributed by atoms with E-state index in [1.165, 1.54) is 0 Å². The highest BCUT2D eigenvalue weighted by Crippen LogP contribution is 2.21. The number of amides is 1. The van der Waals surface area contributed by atoms with Crippen molar-refractivity contribution < 1.29 is 9.53 Å². The Labute approximate surface area is 117 Å². The molecule has 0 unspecified atom stereocenters. The molecule has 2 aromatic rings. The van der Waals surface area contributed by atoms with Crippen molar-refractivity contribution >= 4 is 17.3 Å². The summed E-state index contributed by atoms with van der Waals surface area (Å²) < 4.78 is 5.13. The van der Waals surface area contributed by atoms with Crippen LogP contribution in [0.3, 0.4) is 0 Å². The summed E-state index contributed by atoms with van der Waals surface area (Å²) in [6, 6.07) is 8.98. The summed E-state index contributed by atoms with van der Waals surface area (Å²) in [5, 5.41) is 2.86. The van der Waals surface area contributed by atoms with E-state index in [2.05, 4.69) is 10.3 Å². The maximum absolute atomic E-state index is 12.0. The van der Waals surface area contributed by atoms with Gasteiger partial charge in [-0.05, 0) is 42.8 Å². The van der Waals surface area contributed by atoms with Crippen molar-refractivity contribution in [3.05, 3.63) is 47.8 Å². The number of methoxy groups -OCH3 is 1. The second kappa shape index (κ2) is 6.06. The lowest BCUT2D eigenvalue weighted by Gasteiger charge is -2.09. The molecular weight excluding hydrogens is 254 g/mol. The van der Waals surface area contributed by atoms with Gasteiger partial charge in [0.1, 0.15) is 5.75 Å². The first-order chi connectivity index (χ1) is 9.58. The monoisotopic (exact) mass is 271 g/mol. The molecule has 0 aliphatic carbocycles. The molecule has 0 atom stereocenters. The highest BCUT2D eigenvalue weighted by molar-refractivity contribution is 5.92. The maximum atomic E-state index is 12.0. The predicted molar refractivity (Wildman–Crippen MR) is 78.7 cm³/mol. The zero-order valence-electron chi connectivity index (χ0n) is 11.5. The summed E-state index contributed by atoms with van der Waals surface area (Å²) in [6.07, 6.45) is 1.76. The van der Waals surface area contributed by atoms with Gasteiger partial charge in [0.05, 0.1) is 25.4 Å². The van der Waals surface area contributed by atoms with Crippen LogP contribution in [0, 0.1) is 6.92 Å². The van der Waals surface area contributed by atoms with E-state index in [1.807, 2.05) is 25.1 Å². The number of hydrogen-bond acceptors (Lipinski definition) is 4. The van der Waals surface area contributed by atoms with Gasteiger partial charge in [-0.2, -0.15) is 0 Å². The van der Waals surface area contributed by atoms with Gasteiger partial charge in [0.15, 0.2) is 0 Å². The number of benzene rings is 1. The zero-order valence-corrected chi connectivity index (χ0v) is 11.5. The number of aryl methyl sites for hydroxylation is 1. The maximum Gasteiger partial charge on any atom is 0.230 e. The first-order valence-corrected chi connectivity index (χ1v) is 6.23. The number of ether oxygens (including phenoxy) is 1. The second-order valence-corrected chi connectivity index (χ2v) is 4.49. The first-order valence-electron chi connectivity index (χ1n) is 6.23. The number of pyridine rings is 1. The molecule has 0 spiro atoms. The Hall–Kier alpha value is -2.56. The fourth-order valence-corrected chi connectivity index (χ4v) is 1.80. The number of nitrogens with one attached hydrogen (secondary N) is 1. The lowest BCUT2D eigenvalue weighted by atomic mass is 10.2. The lowest BCUT2D eigenvalue weighted by Crippen LogP contribution is -2.15. The Kier molecular flexibility index (Phi) is 4.20. The van der Waals surface area contributed by atoms with E-state index in [9.17, 15) is 4.79 Å². The highest BCUT2D eigenvalue weighted by Gasteiger charge is 2.07. The van der Waals surface area contributed by atoms with Gasteiger partial charge in [-0.15, -0.1) is 0 Å². The first kappa shape index (κ1) is 13.9. The topological polar surface area (TPSA) is 77.2 Å². The average molecular weight is 271 g/mol. The Bertz CT molecular complexity index is 609. The quantitative estimate of drug-likeness (QED) is 0.893. The molecule has 1 aromatic carbocycles. The normalized spacial score (nSPS) is 10.1. The third kappa shape index (κ3) is 3.47. The van der Waals surface area contributed by atoms with Crippen molar-refractivity contribution in [2.45, 2.75) is 13.3 Å². The minimum absolute atomic E-state index is 0.115. The molecule has 0 bridgehead atoms. The predicted octanol–water partition coefficient (Wildman–Crippen LogP) is 2.16. The van der Waals surface area contributed by atoms with Gasteiger partial charge in [-0.25, -0.2) is 0 Å². The van der Waals surface area contributed by atoms with Crippen LogP contribution >= 0.6 is 0 Å². The van der Waals surface area contributed by atoms with Gasteiger partial charge in [0.25, 0.3) is 0 Å². The Morgan fingerprint density at radius 1 is 1.35 bits per heavy atom. The molecule has 0 radical (unpaired) electrons. The SMILES string of the molecule is COc1ccc(NC(=O)Cc2ccc(N)cn2)c(C)c1. The molecule has 0 aliphatic rings. The molecular formula is C15H17N3O2. The van der Waals surface area contributed by atoms with Crippen molar-refractivity contribution in [2.75, 3.05) is 18.2 Å². The van der Waals surface area contributed by atoms with Crippen LogP contribution in [0.25, 0.3) is 0 Å². The third-order valence-electron chi connectivity index (χ3n) is 2.90. The summed E-state index contributed by atoms with van der Waals surface area (Å²) in [4.78, 5) is 16.1. The van der Waals surface area contributed by atoms with Crippen LogP contribution in [0.2, 0.25) is 0 Å². The van der Waals surface area contributed by atoms with Crippen LogP contribution < -0.4 is 15.8 Å². The van der Waals surface area contributed by atoms with Gasteiger partial charge in [-0.1, -0.05) is 0 Å². The van der Waals surface area contributed by atoms with Crippen molar-refractivity contribution in [3.63, 3.8) is 0 Å². The molecule has 0 aliphatic heterocycles. The van der Waals surface area contributed by atoms with Crippen LogP contribution in [0.15, 0.2) is 36.5 Å². The van der Waals surface area contributed by atoms with E-state index >= 15 is 0 Å². The van der Waals surface area contributed by atoms with Crippen LogP contribution in [0.1, 0.15) is 11.3 Å². The van der Waals surface area contributed by atoms with Crippen molar-refractivity contribution in [1.29, 1.82) is 0 Å². The molecule has 2 rings (SSSR count). The Balaban J connectivity index is 2.02. The number of carbonyl (C=O) groups is 1. The molecule has 3 N–H and O–H groups in total. The second-order valence-electron chi connectivity index (χ2n) is 4.49. The largest absolute Gasteiger partial charge is 0.497 e. The minimum Gasteiger partial charge on any atom is -0.497 e. The Morgan fingerprint density at radius 2 is 2.15 bits per heavy atom. The van der Waals surface area contributed by atoms with Crippen LogP contribution in [0.5, 0.6) is 5.75 Å². The Morgan fingerprint density at radius 3 is 2.75 bits per heavy atom. The number of anilines is 2. The zero-order chi connectivity index (χ0) is 14.5. The van der Waals surface area contributed by atoms with Crippen LogP contribution in [0.4, 0.5) is 11.4 Å². The van der Waals surface area contributed by atoms with Crippen LogP contribution in [-0.4, -0.2) is 18.0 Å². The smallest absolute Gasteiger partial charge is 0.230 e. The molecule has 104 valence electrons. The number of nitrogen functional groups attached to an aromatic ring is 1. The average Bonchev–Trinajstić information content (AvgIpc) is 2.43. The summed E-state index contributed by atoms with van der Waals surface area (Å²) in [7, 11) is 1.61. The van der Waals surface area contributed by atoms with Crippen molar-refractivity contribution in [3.8, 4) is 5.75 Å². The van der Waals surface area contributed by atoms with Gasteiger partial charge in [0, 0.05) is 11.4 Å². The molecule has 20 heavy (non-hydrogen) atoms. The molecule has 0 saturated heterocycles. The van der Waals surface area contributed by atoms with E-state index in [0.717, 1.165) is 17.0 Å². The highest BCUT2D eigenvalue weighted by atomic mass is 16.5. The molecule has 5 nitrogen and oxygen atoms in total. The molecule has 0 fully saturated rings. The van der Waals surface area contributed by atoms with E-state index in [0.29, 0.717) is 11.4 Å². The summed E-state index contributed by atoms with van der Waals surface area (Å²) in [5.41, 5.74) is 8.54. The molecule has 1 amide bonds.